The van der Waals surface area contributed by atoms with Gasteiger partial charge in [0.25, 0.3) is 5.91 Å². The number of carboxylic acids is 1. The second kappa shape index (κ2) is 6.36. The largest absolute Gasteiger partial charge is 0.669 e. The highest BCUT2D eigenvalue weighted by molar-refractivity contribution is 6.59. The lowest BCUT2D eigenvalue weighted by Gasteiger charge is -2.40. The van der Waals surface area contributed by atoms with Gasteiger partial charge >= 0.3 is 12.7 Å². The number of rotatable bonds is 4. The molecular formula is C16H17BN3O7-. The average Bonchev–Trinajstić information content (AvgIpc) is 3.10. The number of aliphatic imine (C=N–C) groups is 2. The molecule has 0 bridgehead atoms. The molecule has 0 atom stereocenters. The molecule has 11 heteroatoms. The van der Waals surface area contributed by atoms with E-state index in [-0.39, 0.29) is 54.6 Å². The number of carboxylic acid groups (broad SMARTS) is 1. The molecule has 3 heterocycles. The van der Waals surface area contributed by atoms with Crippen LogP contribution in [-0.2, 0) is 11.2 Å². The van der Waals surface area contributed by atoms with Crippen LogP contribution in [0.25, 0.3) is 0 Å². The summed E-state index contributed by atoms with van der Waals surface area (Å²) in [5, 5.41) is 29.1. The van der Waals surface area contributed by atoms with Gasteiger partial charge in [0.2, 0.25) is 5.84 Å². The maximum atomic E-state index is 12.1. The van der Waals surface area contributed by atoms with Gasteiger partial charge in [-0.15, -0.1) is 0 Å². The van der Waals surface area contributed by atoms with Crippen LogP contribution in [0.15, 0.2) is 22.1 Å². The fraction of sp³-hybridized carbons (Fsp3) is 0.375. The summed E-state index contributed by atoms with van der Waals surface area (Å²) in [6.45, 7) is -2.15. The molecular weight excluding hydrogens is 357 g/mol. The maximum Gasteiger partial charge on any atom is 0.430 e. The first-order valence-electron chi connectivity index (χ1n) is 8.55. The molecule has 1 amide bonds. The summed E-state index contributed by atoms with van der Waals surface area (Å²) in [7, 11) is 0. The minimum atomic E-state index is -3.09. The smallest absolute Gasteiger partial charge is 0.430 e. The van der Waals surface area contributed by atoms with Crippen LogP contribution in [0.4, 0.5) is 0 Å². The number of nitrogens with zero attached hydrogens (tertiary/aromatic N) is 3. The molecule has 27 heavy (non-hydrogen) atoms. The Morgan fingerprint density at radius 3 is 2.74 bits per heavy atom. The topological polar surface area (TPSA) is 141 Å². The Hall–Kier alpha value is -2.92. The Morgan fingerprint density at radius 2 is 2.07 bits per heavy atom. The molecule has 0 unspecified atom stereocenters. The van der Waals surface area contributed by atoms with E-state index in [2.05, 4.69) is 9.98 Å². The highest BCUT2D eigenvalue weighted by Crippen LogP contribution is 2.38. The van der Waals surface area contributed by atoms with Crippen molar-refractivity contribution in [1.29, 1.82) is 0 Å². The number of aromatic carboxylic acids is 1. The monoisotopic (exact) mass is 374 g/mol. The van der Waals surface area contributed by atoms with Crippen molar-refractivity contribution in [3.63, 3.8) is 0 Å². The Labute approximate surface area is 153 Å². The summed E-state index contributed by atoms with van der Waals surface area (Å²) in [5.74, 6) is -1.45. The standard InChI is InChI=1S/C16H17BN3O7/c21-15(14-18-5-6-19-14)20-7-10(8-20)26-11-2-1-9-3-4-17(24,25)27-13(9)12(11)16(22)23/h1-2,5,10,24-25H,3-4,6-8H2,(H,22,23)/q-1. The number of benzene rings is 1. The third-order valence-electron chi connectivity index (χ3n) is 4.67. The first kappa shape index (κ1) is 17.5. The van der Waals surface area contributed by atoms with Crippen LogP contribution in [0.2, 0.25) is 6.32 Å². The Kier molecular flexibility index (Phi) is 4.12. The Morgan fingerprint density at radius 1 is 1.30 bits per heavy atom. The molecule has 3 N–H and O–H groups in total. The number of amidine groups is 1. The van der Waals surface area contributed by atoms with E-state index >= 15 is 0 Å². The molecule has 3 aliphatic heterocycles. The SMILES string of the molecule is O=C(O)c1c(OC2CN(C(=O)C3=NCC=N3)C2)ccc2c1O[B-](O)(O)CC2. The second-order valence-electron chi connectivity index (χ2n) is 6.67. The van der Waals surface area contributed by atoms with Crippen molar-refractivity contribution in [1.82, 2.24) is 4.90 Å². The molecule has 142 valence electrons. The van der Waals surface area contributed by atoms with Crippen LogP contribution in [-0.4, -0.2) is 76.5 Å². The molecule has 3 aliphatic rings. The van der Waals surface area contributed by atoms with Gasteiger partial charge in [-0.3, -0.25) is 9.79 Å². The van der Waals surface area contributed by atoms with Crippen LogP contribution >= 0.6 is 0 Å². The molecule has 10 nitrogen and oxygen atoms in total. The summed E-state index contributed by atoms with van der Waals surface area (Å²) < 4.78 is 10.9. The van der Waals surface area contributed by atoms with E-state index in [4.69, 9.17) is 9.39 Å². The van der Waals surface area contributed by atoms with Crippen molar-refractivity contribution >= 4 is 30.7 Å². The van der Waals surface area contributed by atoms with Gasteiger partial charge in [0, 0.05) is 6.21 Å². The first-order chi connectivity index (χ1) is 12.8. The van der Waals surface area contributed by atoms with Crippen LogP contribution in [0.5, 0.6) is 11.5 Å². The van der Waals surface area contributed by atoms with Crippen molar-refractivity contribution in [2.75, 3.05) is 19.6 Å². The number of amides is 1. The molecule has 4 rings (SSSR count). The fourth-order valence-corrected chi connectivity index (χ4v) is 3.25. The average molecular weight is 374 g/mol. The van der Waals surface area contributed by atoms with E-state index in [1.807, 2.05) is 0 Å². The van der Waals surface area contributed by atoms with E-state index in [9.17, 15) is 24.7 Å². The van der Waals surface area contributed by atoms with Crippen molar-refractivity contribution in [2.24, 2.45) is 9.98 Å². The zero-order valence-electron chi connectivity index (χ0n) is 14.2. The molecule has 0 radical (unpaired) electrons. The van der Waals surface area contributed by atoms with Gasteiger partial charge < -0.3 is 29.4 Å². The lowest BCUT2D eigenvalue weighted by Crippen LogP contribution is -2.57. The summed E-state index contributed by atoms with van der Waals surface area (Å²) in [5.41, 5.74) is 0.318. The molecule has 1 saturated heterocycles. The highest BCUT2D eigenvalue weighted by Gasteiger charge is 2.37. The lowest BCUT2D eigenvalue weighted by atomic mass is 9.70. The van der Waals surface area contributed by atoms with Crippen LogP contribution in [0, 0.1) is 0 Å². The lowest BCUT2D eigenvalue weighted by molar-refractivity contribution is -0.132. The van der Waals surface area contributed by atoms with E-state index in [1.54, 1.807) is 12.3 Å². The molecule has 1 fully saturated rings. The fourth-order valence-electron chi connectivity index (χ4n) is 3.25. The van der Waals surface area contributed by atoms with Gasteiger partial charge in [-0.25, -0.2) is 9.79 Å². The van der Waals surface area contributed by atoms with Gasteiger partial charge in [0.05, 0.1) is 25.4 Å². The minimum absolute atomic E-state index is 0.00166. The quantitative estimate of drug-likeness (QED) is 0.593. The summed E-state index contributed by atoms with van der Waals surface area (Å²) in [6.07, 6.45) is 1.45. The minimum Gasteiger partial charge on any atom is -0.669 e. The number of aryl methyl sites for hydroxylation is 1. The summed E-state index contributed by atoms with van der Waals surface area (Å²) >= 11 is 0. The van der Waals surface area contributed by atoms with Crippen LogP contribution < -0.4 is 9.39 Å². The van der Waals surface area contributed by atoms with Crippen molar-refractivity contribution in [3.05, 3.63) is 23.3 Å². The maximum absolute atomic E-state index is 12.1. The number of likely N-dealkylation sites (tertiary alicyclic amines) is 1. The van der Waals surface area contributed by atoms with E-state index in [1.165, 1.54) is 11.0 Å². The summed E-state index contributed by atoms with van der Waals surface area (Å²) in [6, 6.07) is 3.17. The van der Waals surface area contributed by atoms with Gasteiger partial charge in [0.1, 0.15) is 17.4 Å². The van der Waals surface area contributed by atoms with E-state index < -0.39 is 18.8 Å². The number of hydrogen-bond donors (Lipinski definition) is 3. The van der Waals surface area contributed by atoms with Crippen molar-refractivity contribution < 1.29 is 34.1 Å². The molecule has 0 aromatic heterocycles. The van der Waals surface area contributed by atoms with Crippen molar-refractivity contribution in [3.8, 4) is 11.5 Å². The normalized spacial score (nSPS) is 20.4. The zero-order valence-corrected chi connectivity index (χ0v) is 14.2. The zero-order chi connectivity index (χ0) is 19.2. The number of ether oxygens (including phenoxy) is 1. The number of carbonyl (C=O) groups excluding carboxylic acids is 1. The molecule has 0 saturated carbocycles. The first-order valence-corrected chi connectivity index (χ1v) is 8.55. The molecule has 1 aromatic rings. The Balaban J connectivity index is 1.49. The van der Waals surface area contributed by atoms with Gasteiger partial charge in [-0.1, -0.05) is 12.4 Å². The third kappa shape index (κ3) is 3.26. The van der Waals surface area contributed by atoms with Gasteiger partial charge in [0.15, 0.2) is 0 Å². The summed E-state index contributed by atoms with van der Waals surface area (Å²) in [4.78, 5) is 33.2. The second-order valence-corrected chi connectivity index (χ2v) is 6.67. The van der Waals surface area contributed by atoms with E-state index in [0.29, 0.717) is 12.1 Å². The molecule has 0 aliphatic carbocycles. The number of carbonyl (C=O) groups is 2. The molecule has 1 aromatic carbocycles. The van der Waals surface area contributed by atoms with Crippen LogP contribution in [0.3, 0.4) is 0 Å². The number of fused-ring (bicyclic) bond motifs is 1. The third-order valence-corrected chi connectivity index (χ3v) is 4.67. The van der Waals surface area contributed by atoms with Gasteiger partial charge in [-0.05, 0) is 18.1 Å². The van der Waals surface area contributed by atoms with E-state index in [0.717, 1.165) is 0 Å². The molecule has 0 spiro atoms. The van der Waals surface area contributed by atoms with Gasteiger partial charge in [-0.2, -0.15) is 0 Å². The predicted octanol–water partition coefficient (Wildman–Crippen LogP) is -0.684. The van der Waals surface area contributed by atoms with Crippen molar-refractivity contribution in [2.45, 2.75) is 18.8 Å². The van der Waals surface area contributed by atoms with Crippen LogP contribution in [0.1, 0.15) is 15.9 Å². The predicted molar refractivity (Wildman–Crippen MR) is 94.5 cm³/mol. The number of hydrogen-bond acceptors (Lipinski definition) is 8. The Bertz CT molecular complexity index is 877. The highest BCUT2D eigenvalue weighted by atomic mass is 16.6.